The lowest BCUT2D eigenvalue weighted by atomic mass is 9.39. The van der Waals surface area contributed by atoms with E-state index < -0.39 is 70.1 Å². The van der Waals surface area contributed by atoms with E-state index in [1.165, 1.54) is 14.0 Å². The zero-order valence-corrected chi connectivity index (χ0v) is 27.7. The van der Waals surface area contributed by atoms with Gasteiger partial charge in [-0.1, -0.05) is 48.1 Å². The van der Waals surface area contributed by atoms with Crippen LogP contribution in [-0.2, 0) is 38.1 Å². The first-order valence-electron chi connectivity index (χ1n) is 16.0. The standard InChI is InChI=1S/C35H48O10/c1-18(2)14-27(39)44-28-29(40)32(5,6)25(16-26(38)41-9)34(8)22-10-12-33(7)23(21-11-13-42-17-21)15-24(37)30(43-20(4)36)35(33,19(22)3)45-31(28)34/h11,13,17-18,22-23,25,28-31,40H,3,10,12,14-16H2,1-2,4-9H3. The molecule has 4 fully saturated rings. The van der Waals surface area contributed by atoms with Gasteiger partial charge in [-0.3, -0.25) is 19.2 Å². The van der Waals surface area contributed by atoms with Crippen LogP contribution in [-0.4, -0.2) is 65.9 Å². The molecule has 1 aromatic heterocycles. The molecule has 0 aromatic carbocycles. The van der Waals surface area contributed by atoms with E-state index in [-0.39, 0.29) is 42.8 Å². The summed E-state index contributed by atoms with van der Waals surface area (Å²) in [6.45, 7) is 17.5. The smallest absolute Gasteiger partial charge is 0.306 e. The van der Waals surface area contributed by atoms with Crippen LogP contribution < -0.4 is 0 Å². The third kappa shape index (κ3) is 4.80. The molecule has 1 aromatic rings. The first-order chi connectivity index (χ1) is 21.0. The molecule has 10 heteroatoms. The first kappa shape index (κ1) is 33.4. The van der Waals surface area contributed by atoms with Crippen LogP contribution in [0.1, 0.15) is 92.1 Å². The second-order valence-corrected chi connectivity index (χ2v) is 15.1. The molecule has 0 amide bonds. The Morgan fingerprint density at radius 1 is 1.11 bits per heavy atom. The number of rotatable bonds is 7. The third-order valence-electron chi connectivity index (χ3n) is 11.9. The lowest BCUT2D eigenvalue weighted by Gasteiger charge is -2.73. The van der Waals surface area contributed by atoms with Crippen LogP contribution in [0.25, 0.3) is 0 Å². The fourth-order valence-corrected chi connectivity index (χ4v) is 9.70. The number of hydrogen-bond donors (Lipinski definition) is 1. The number of methoxy groups -OCH3 is 1. The number of carbonyl (C=O) groups excluding carboxylic acids is 4. The van der Waals surface area contributed by atoms with Crippen LogP contribution in [0.4, 0.5) is 0 Å². The van der Waals surface area contributed by atoms with Gasteiger partial charge in [0.25, 0.3) is 0 Å². The van der Waals surface area contributed by atoms with Gasteiger partial charge < -0.3 is 28.5 Å². The van der Waals surface area contributed by atoms with Crippen molar-refractivity contribution in [1.82, 2.24) is 0 Å². The minimum atomic E-state index is -1.51. The first-order valence-corrected chi connectivity index (χ1v) is 16.0. The molecular weight excluding hydrogens is 580 g/mol. The Kier molecular flexibility index (Phi) is 8.43. The molecule has 2 heterocycles. The molecular formula is C35H48O10. The summed E-state index contributed by atoms with van der Waals surface area (Å²) in [5.74, 6) is -3.03. The largest absolute Gasteiger partial charge is 0.472 e. The fraction of sp³-hybridized carbons (Fsp3) is 0.714. The lowest BCUT2D eigenvalue weighted by Crippen LogP contribution is -2.79. The van der Waals surface area contributed by atoms with E-state index in [1.54, 1.807) is 12.5 Å². The molecule has 0 radical (unpaired) electrons. The van der Waals surface area contributed by atoms with E-state index in [1.807, 2.05) is 47.6 Å². The summed E-state index contributed by atoms with van der Waals surface area (Å²) in [6.07, 6.45) is -0.0194. The van der Waals surface area contributed by atoms with E-state index in [0.29, 0.717) is 18.4 Å². The minimum absolute atomic E-state index is 0.0121. The van der Waals surface area contributed by atoms with E-state index in [9.17, 15) is 24.3 Å². The normalized spacial score (nSPS) is 40.3. The number of carbonyl (C=O) groups is 4. The predicted octanol–water partition coefficient (Wildman–Crippen LogP) is 4.92. The topological polar surface area (TPSA) is 139 Å². The highest BCUT2D eigenvalue weighted by Gasteiger charge is 2.78. The highest BCUT2D eigenvalue weighted by Crippen LogP contribution is 2.73. The Balaban J connectivity index is 1.74. The van der Waals surface area contributed by atoms with E-state index >= 15 is 0 Å². The van der Waals surface area contributed by atoms with Crippen LogP contribution in [0.5, 0.6) is 0 Å². The molecule has 3 aliphatic carbocycles. The summed E-state index contributed by atoms with van der Waals surface area (Å²) in [5.41, 5.74) is -2.70. The van der Waals surface area contributed by atoms with Crippen molar-refractivity contribution in [3.8, 4) is 0 Å². The highest BCUT2D eigenvalue weighted by atomic mass is 16.6. The van der Waals surface area contributed by atoms with Gasteiger partial charge >= 0.3 is 17.9 Å². The quantitative estimate of drug-likeness (QED) is 0.251. The van der Waals surface area contributed by atoms with Gasteiger partial charge in [-0.25, -0.2) is 0 Å². The second kappa shape index (κ2) is 11.4. The van der Waals surface area contributed by atoms with Crippen molar-refractivity contribution >= 4 is 23.7 Å². The van der Waals surface area contributed by atoms with E-state index in [2.05, 4.69) is 6.58 Å². The number of aliphatic hydroxyl groups is 1. The molecule has 1 aliphatic heterocycles. The molecule has 5 rings (SSSR count). The number of esters is 3. The predicted molar refractivity (Wildman–Crippen MR) is 162 cm³/mol. The number of Topliss-reactive ketones (excluding diaryl/α,β-unsaturated/α-hetero) is 1. The molecule has 2 bridgehead atoms. The highest BCUT2D eigenvalue weighted by molar-refractivity contribution is 5.90. The Bertz CT molecular complexity index is 1360. The average Bonchev–Trinajstić information content (AvgIpc) is 3.48. The Morgan fingerprint density at radius 3 is 2.38 bits per heavy atom. The maximum atomic E-state index is 14.1. The van der Waals surface area contributed by atoms with Crippen LogP contribution in [0.15, 0.2) is 35.2 Å². The molecule has 10 nitrogen and oxygen atoms in total. The van der Waals surface area contributed by atoms with Gasteiger partial charge in [0.05, 0.1) is 25.7 Å². The summed E-state index contributed by atoms with van der Waals surface area (Å²) in [7, 11) is 1.33. The SMILES string of the molecule is C=C1C2CCC3(C)C(c4ccoc4)CC(=O)C(OC(C)=O)C13OC1C(OC(=O)CC(C)C)C(O)C(C)(C)C(CC(=O)OC)C21C. The van der Waals surface area contributed by atoms with Gasteiger partial charge in [0, 0.05) is 42.9 Å². The van der Waals surface area contributed by atoms with Crippen LogP contribution >= 0.6 is 0 Å². The molecule has 1 N–H and O–H groups in total. The number of fused-ring (bicyclic) bond motifs is 3. The van der Waals surface area contributed by atoms with Crippen LogP contribution in [0.2, 0.25) is 0 Å². The van der Waals surface area contributed by atoms with Crippen molar-refractivity contribution in [3.63, 3.8) is 0 Å². The Morgan fingerprint density at radius 2 is 1.80 bits per heavy atom. The summed E-state index contributed by atoms with van der Waals surface area (Å²) in [6, 6.07) is 1.83. The van der Waals surface area contributed by atoms with E-state index in [0.717, 1.165) is 5.56 Å². The Labute approximate surface area is 265 Å². The minimum Gasteiger partial charge on any atom is -0.472 e. The van der Waals surface area contributed by atoms with Crippen molar-refractivity contribution in [2.75, 3.05) is 7.11 Å². The van der Waals surface area contributed by atoms with Crippen LogP contribution in [0, 0.1) is 34.0 Å². The van der Waals surface area contributed by atoms with Gasteiger partial charge in [-0.2, -0.15) is 0 Å². The lowest BCUT2D eigenvalue weighted by molar-refractivity contribution is -0.341. The van der Waals surface area contributed by atoms with Crippen molar-refractivity contribution in [1.29, 1.82) is 0 Å². The zero-order chi connectivity index (χ0) is 33.3. The van der Waals surface area contributed by atoms with E-state index in [4.69, 9.17) is 23.4 Å². The summed E-state index contributed by atoms with van der Waals surface area (Å²) in [5, 5.41) is 12.0. The molecule has 248 valence electrons. The van der Waals surface area contributed by atoms with Gasteiger partial charge in [0.1, 0.15) is 11.7 Å². The molecule has 45 heavy (non-hydrogen) atoms. The fourth-order valence-electron chi connectivity index (χ4n) is 9.70. The third-order valence-corrected chi connectivity index (χ3v) is 11.9. The van der Waals surface area contributed by atoms with Crippen molar-refractivity contribution < 1.29 is 47.6 Å². The summed E-state index contributed by atoms with van der Waals surface area (Å²) < 4.78 is 29.9. The molecule has 1 spiro atoms. The van der Waals surface area contributed by atoms with Crippen molar-refractivity contribution in [2.45, 2.75) is 117 Å². The number of ether oxygens (including phenoxy) is 4. The Hall–Kier alpha value is -2.98. The monoisotopic (exact) mass is 628 g/mol. The maximum Gasteiger partial charge on any atom is 0.306 e. The maximum absolute atomic E-state index is 14.1. The summed E-state index contributed by atoms with van der Waals surface area (Å²) in [4.78, 5) is 52.9. The van der Waals surface area contributed by atoms with Crippen molar-refractivity contribution in [3.05, 3.63) is 36.3 Å². The molecule has 10 unspecified atom stereocenters. The molecule has 10 atom stereocenters. The number of furan rings is 1. The molecule has 1 saturated heterocycles. The van der Waals surface area contributed by atoms with Gasteiger partial charge in [0.2, 0.25) is 0 Å². The number of ketones is 1. The van der Waals surface area contributed by atoms with Crippen molar-refractivity contribution in [2.24, 2.45) is 34.0 Å². The van der Waals surface area contributed by atoms with Gasteiger partial charge in [0.15, 0.2) is 18.0 Å². The number of hydrogen-bond acceptors (Lipinski definition) is 10. The molecule has 4 aliphatic rings. The van der Waals surface area contributed by atoms with Gasteiger partial charge in [-0.15, -0.1) is 0 Å². The number of aliphatic hydroxyl groups excluding tert-OH is 1. The average molecular weight is 629 g/mol. The molecule has 3 saturated carbocycles. The van der Waals surface area contributed by atoms with Gasteiger partial charge in [-0.05, 0) is 53.2 Å². The zero-order valence-electron chi connectivity index (χ0n) is 27.7. The summed E-state index contributed by atoms with van der Waals surface area (Å²) >= 11 is 0. The second-order valence-electron chi connectivity index (χ2n) is 15.1. The van der Waals surface area contributed by atoms with Crippen LogP contribution in [0.3, 0.4) is 0 Å².